The van der Waals surface area contributed by atoms with E-state index in [0.29, 0.717) is 0 Å². The van der Waals surface area contributed by atoms with Crippen molar-refractivity contribution in [2.75, 3.05) is 19.0 Å². The lowest BCUT2D eigenvalue weighted by atomic mass is 10.2. The first-order valence-corrected chi connectivity index (χ1v) is 7.03. The molecule has 2 aromatic rings. The van der Waals surface area contributed by atoms with Crippen molar-refractivity contribution in [2.45, 2.75) is 26.7 Å². The highest BCUT2D eigenvalue weighted by Gasteiger charge is 2.07. The Morgan fingerprint density at radius 1 is 1.15 bits per heavy atom. The molecule has 1 N–H and O–H groups in total. The minimum absolute atomic E-state index is 0.741. The van der Waals surface area contributed by atoms with Gasteiger partial charge in [0.05, 0.1) is 7.11 Å². The molecule has 0 bridgehead atoms. The number of aromatic nitrogens is 2. The van der Waals surface area contributed by atoms with Gasteiger partial charge in [-0.25, -0.2) is 9.97 Å². The maximum absolute atomic E-state index is 5.26. The van der Waals surface area contributed by atoms with Gasteiger partial charge in [0.15, 0.2) is 5.82 Å². The van der Waals surface area contributed by atoms with E-state index >= 15 is 0 Å². The third kappa shape index (κ3) is 3.47. The third-order valence-corrected chi connectivity index (χ3v) is 2.97. The largest absolute Gasteiger partial charge is 0.497 e. The lowest BCUT2D eigenvalue weighted by Crippen LogP contribution is -2.04. The predicted octanol–water partition coefficient (Wildman–Crippen LogP) is 3.54. The van der Waals surface area contributed by atoms with E-state index in [0.717, 1.165) is 48.0 Å². The van der Waals surface area contributed by atoms with Gasteiger partial charge in [-0.05, 0) is 25.5 Å². The quantitative estimate of drug-likeness (QED) is 0.873. The number of ether oxygens (including phenoxy) is 1. The fourth-order valence-electron chi connectivity index (χ4n) is 2.04. The molecule has 0 aliphatic heterocycles. The van der Waals surface area contributed by atoms with E-state index in [1.54, 1.807) is 7.11 Å². The molecular weight excluding hydrogens is 250 g/mol. The first-order valence-electron chi connectivity index (χ1n) is 7.03. The van der Waals surface area contributed by atoms with E-state index in [4.69, 9.17) is 4.74 Å². The molecule has 1 aromatic carbocycles. The fraction of sp³-hybridized carbons (Fsp3) is 0.375. The van der Waals surface area contributed by atoms with Gasteiger partial charge in [-0.1, -0.05) is 25.5 Å². The molecule has 0 saturated carbocycles. The summed E-state index contributed by atoms with van der Waals surface area (Å²) in [6.07, 6.45) is 2.03. The van der Waals surface area contributed by atoms with Crippen LogP contribution in [0.4, 0.5) is 5.82 Å². The van der Waals surface area contributed by atoms with Gasteiger partial charge < -0.3 is 10.1 Å². The molecule has 106 valence electrons. The van der Waals surface area contributed by atoms with Crippen molar-refractivity contribution < 1.29 is 4.74 Å². The van der Waals surface area contributed by atoms with Crippen LogP contribution < -0.4 is 10.1 Å². The monoisotopic (exact) mass is 271 g/mol. The molecular formula is C16H21N3O. The molecule has 0 unspecified atom stereocenters. The zero-order valence-corrected chi connectivity index (χ0v) is 12.3. The molecule has 4 nitrogen and oxygen atoms in total. The number of nitrogens with one attached hydrogen (secondary N) is 1. The Labute approximate surface area is 120 Å². The molecule has 1 aromatic heterocycles. The Hall–Kier alpha value is -2.10. The number of methoxy groups -OCH3 is 1. The molecule has 0 aliphatic rings. The zero-order chi connectivity index (χ0) is 14.4. The summed E-state index contributed by atoms with van der Waals surface area (Å²) >= 11 is 0. The van der Waals surface area contributed by atoms with Crippen molar-refractivity contribution in [3.05, 3.63) is 36.0 Å². The van der Waals surface area contributed by atoms with Crippen LogP contribution in [0, 0.1) is 0 Å². The first kappa shape index (κ1) is 14.3. The number of hydrogen-bond donors (Lipinski definition) is 1. The molecule has 0 saturated heterocycles. The normalized spacial score (nSPS) is 10.3. The van der Waals surface area contributed by atoms with Crippen molar-refractivity contribution >= 4 is 5.82 Å². The highest BCUT2D eigenvalue weighted by molar-refractivity contribution is 5.59. The van der Waals surface area contributed by atoms with Crippen LogP contribution in [0.1, 0.15) is 26.0 Å². The van der Waals surface area contributed by atoms with Crippen LogP contribution in [0.15, 0.2) is 30.3 Å². The van der Waals surface area contributed by atoms with E-state index < -0.39 is 0 Å². The van der Waals surface area contributed by atoms with E-state index in [9.17, 15) is 0 Å². The molecule has 0 fully saturated rings. The Bertz CT molecular complexity index is 545. The van der Waals surface area contributed by atoms with Gasteiger partial charge in [0.1, 0.15) is 11.6 Å². The number of benzene rings is 1. The summed E-state index contributed by atoms with van der Waals surface area (Å²) in [5, 5.41) is 3.26. The van der Waals surface area contributed by atoms with Gasteiger partial charge in [0.2, 0.25) is 0 Å². The molecule has 1 heterocycles. The van der Waals surface area contributed by atoms with Crippen molar-refractivity contribution in [1.29, 1.82) is 0 Å². The standard InChI is InChI=1S/C16H21N3O/c1-4-7-13-11-15(17-5-2)19-16(18-13)12-8-6-9-14(10-12)20-3/h6,8-11H,4-5,7H2,1-3H3,(H,17,18,19). The zero-order valence-electron chi connectivity index (χ0n) is 12.3. The summed E-state index contributed by atoms with van der Waals surface area (Å²) in [7, 11) is 1.66. The van der Waals surface area contributed by atoms with Crippen LogP contribution >= 0.6 is 0 Å². The van der Waals surface area contributed by atoms with Crippen LogP contribution in [-0.4, -0.2) is 23.6 Å². The summed E-state index contributed by atoms with van der Waals surface area (Å²) < 4.78 is 5.26. The maximum atomic E-state index is 5.26. The van der Waals surface area contributed by atoms with Crippen molar-refractivity contribution in [1.82, 2.24) is 9.97 Å². The van der Waals surface area contributed by atoms with E-state index in [1.807, 2.05) is 30.3 Å². The topological polar surface area (TPSA) is 47.0 Å². The van der Waals surface area contributed by atoms with Gasteiger partial charge in [-0.3, -0.25) is 0 Å². The molecule has 2 rings (SSSR count). The van der Waals surface area contributed by atoms with Crippen LogP contribution in [0.3, 0.4) is 0 Å². The molecule has 4 heteroatoms. The van der Waals surface area contributed by atoms with E-state index in [1.165, 1.54) is 0 Å². The first-order chi connectivity index (χ1) is 9.76. The molecule has 20 heavy (non-hydrogen) atoms. The highest BCUT2D eigenvalue weighted by atomic mass is 16.5. The van der Waals surface area contributed by atoms with Crippen molar-refractivity contribution in [3.8, 4) is 17.1 Å². The van der Waals surface area contributed by atoms with Crippen LogP contribution in [0.2, 0.25) is 0 Å². The summed E-state index contributed by atoms with van der Waals surface area (Å²) in [5.74, 6) is 2.44. The molecule has 0 atom stereocenters. The second-order valence-electron chi connectivity index (χ2n) is 4.58. The van der Waals surface area contributed by atoms with Crippen LogP contribution in [-0.2, 0) is 6.42 Å². The SMILES string of the molecule is CCCc1cc(NCC)nc(-c2cccc(OC)c2)n1. The summed E-state index contributed by atoms with van der Waals surface area (Å²) in [6.45, 7) is 5.06. The number of nitrogens with zero attached hydrogens (tertiary/aromatic N) is 2. The van der Waals surface area contributed by atoms with Gasteiger partial charge in [0, 0.05) is 23.9 Å². The molecule has 0 aliphatic carbocycles. The second kappa shape index (κ2) is 6.89. The maximum Gasteiger partial charge on any atom is 0.161 e. The number of hydrogen-bond acceptors (Lipinski definition) is 4. The Kier molecular flexibility index (Phi) is 4.93. The van der Waals surface area contributed by atoms with Gasteiger partial charge >= 0.3 is 0 Å². The Balaban J connectivity index is 2.42. The predicted molar refractivity (Wildman–Crippen MR) is 82.2 cm³/mol. The third-order valence-electron chi connectivity index (χ3n) is 2.97. The molecule has 0 spiro atoms. The van der Waals surface area contributed by atoms with Gasteiger partial charge in [-0.15, -0.1) is 0 Å². The lowest BCUT2D eigenvalue weighted by Gasteiger charge is -2.09. The van der Waals surface area contributed by atoms with Crippen molar-refractivity contribution in [2.24, 2.45) is 0 Å². The van der Waals surface area contributed by atoms with E-state index in [2.05, 4.69) is 29.1 Å². The minimum Gasteiger partial charge on any atom is -0.497 e. The average molecular weight is 271 g/mol. The highest BCUT2D eigenvalue weighted by Crippen LogP contribution is 2.22. The van der Waals surface area contributed by atoms with Gasteiger partial charge in [-0.2, -0.15) is 0 Å². The summed E-state index contributed by atoms with van der Waals surface area (Å²) in [5.41, 5.74) is 2.04. The second-order valence-corrected chi connectivity index (χ2v) is 4.58. The minimum atomic E-state index is 0.741. The van der Waals surface area contributed by atoms with Crippen molar-refractivity contribution in [3.63, 3.8) is 0 Å². The number of anilines is 1. The van der Waals surface area contributed by atoms with Crippen LogP contribution in [0.5, 0.6) is 5.75 Å². The summed E-state index contributed by atoms with van der Waals surface area (Å²) in [6, 6.07) is 9.86. The summed E-state index contributed by atoms with van der Waals surface area (Å²) in [4.78, 5) is 9.22. The average Bonchev–Trinajstić information content (AvgIpc) is 2.48. The molecule has 0 radical (unpaired) electrons. The smallest absolute Gasteiger partial charge is 0.161 e. The van der Waals surface area contributed by atoms with Crippen LogP contribution in [0.25, 0.3) is 11.4 Å². The molecule has 0 amide bonds. The van der Waals surface area contributed by atoms with Gasteiger partial charge in [0.25, 0.3) is 0 Å². The number of rotatable bonds is 6. The lowest BCUT2D eigenvalue weighted by molar-refractivity contribution is 0.415. The fourth-order valence-corrected chi connectivity index (χ4v) is 2.04. The van der Waals surface area contributed by atoms with E-state index in [-0.39, 0.29) is 0 Å². The Morgan fingerprint density at radius 2 is 2.00 bits per heavy atom. The Morgan fingerprint density at radius 3 is 2.70 bits per heavy atom. The number of aryl methyl sites for hydroxylation is 1.